The number of methoxy groups -OCH3 is 1. The number of nitrogens with zero attached hydrogens (tertiary/aromatic N) is 2. The van der Waals surface area contributed by atoms with Crippen LogP contribution in [-0.4, -0.2) is 35.9 Å². The largest absolute Gasteiger partial charge is 0.464 e. The topological polar surface area (TPSA) is 90.1 Å². The number of nitrogens with two attached hydrogens (primary N) is 1. The van der Waals surface area contributed by atoms with E-state index >= 15 is 0 Å². The minimum Gasteiger partial charge on any atom is -0.464 e. The van der Waals surface area contributed by atoms with Crippen LogP contribution in [0.4, 0.5) is 5.82 Å². The van der Waals surface area contributed by atoms with Gasteiger partial charge in [0.2, 0.25) is 0 Å². The van der Waals surface area contributed by atoms with Crippen molar-refractivity contribution in [1.82, 2.24) is 10.2 Å². The van der Waals surface area contributed by atoms with Crippen molar-refractivity contribution in [3.8, 4) is 0 Å². The maximum atomic E-state index is 11.3. The fourth-order valence-electron chi connectivity index (χ4n) is 2.49. The summed E-state index contributed by atoms with van der Waals surface area (Å²) < 4.78 is 4.58. The number of carbonyl (C=O) groups is 1. The summed E-state index contributed by atoms with van der Waals surface area (Å²) >= 11 is 0. The molecule has 1 fully saturated rings. The quantitative estimate of drug-likeness (QED) is 0.794. The van der Waals surface area contributed by atoms with Gasteiger partial charge in [-0.2, -0.15) is 0 Å². The van der Waals surface area contributed by atoms with E-state index in [2.05, 4.69) is 20.3 Å². The molecule has 0 saturated heterocycles. The van der Waals surface area contributed by atoms with Crippen molar-refractivity contribution in [2.75, 3.05) is 19.0 Å². The zero-order valence-electron chi connectivity index (χ0n) is 11.1. The number of esters is 1. The molecule has 1 saturated carbocycles. The van der Waals surface area contributed by atoms with Gasteiger partial charge in [-0.1, -0.05) is 12.8 Å². The van der Waals surface area contributed by atoms with Crippen molar-refractivity contribution in [1.29, 1.82) is 0 Å². The van der Waals surface area contributed by atoms with Crippen LogP contribution in [0.5, 0.6) is 0 Å². The van der Waals surface area contributed by atoms with E-state index in [1.165, 1.54) is 20.0 Å². The first kappa shape index (κ1) is 13.7. The van der Waals surface area contributed by atoms with Crippen LogP contribution in [-0.2, 0) is 4.74 Å². The molecule has 2 rings (SSSR count). The molecule has 0 aliphatic heterocycles. The van der Waals surface area contributed by atoms with Crippen LogP contribution in [0.3, 0.4) is 0 Å². The Morgan fingerprint density at radius 1 is 1.42 bits per heavy atom. The van der Waals surface area contributed by atoms with Gasteiger partial charge in [-0.15, -0.1) is 10.2 Å². The molecule has 1 aromatic heterocycles. The summed E-state index contributed by atoms with van der Waals surface area (Å²) in [5.74, 6) is 0.686. The Morgan fingerprint density at radius 2 is 2.21 bits per heavy atom. The highest BCUT2D eigenvalue weighted by molar-refractivity contribution is 5.86. The third-order valence-corrected chi connectivity index (χ3v) is 3.60. The van der Waals surface area contributed by atoms with Gasteiger partial charge in [-0.3, -0.25) is 0 Å². The zero-order chi connectivity index (χ0) is 13.7. The molecule has 2 atom stereocenters. The number of ether oxygens (including phenoxy) is 1. The highest BCUT2D eigenvalue weighted by Gasteiger charge is 2.24. The van der Waals surface area contributed by atoms with E-state index in [1.54, 1.807) is 12.1 Å². The van der Waals surface area contributed by atoms with Gasteiger partial charge in [-0.05, 0) is 37.4 Å². The second kappa shape index (κ2) is 6.47. The predicted octanol–water partition coefficient (Wildman–Crippen LogP) is 1.19. The summed E-state index contributed by atoms with van der Waals surface area (Å²) in [7, 11) is 1.32. The van der Waals surface area contributed by atoms with Crippen LogP contribution < -0.4 is 11.1 Å². The van der Waals surface area contributed by atoms with E-state index in [4.69, 9.17) is 5.73 Å². The number of carbonyl (C=O) groups excluding carboxylic acids is 1. The van der Waals surface area contributed by atoms with E-state index in [-0.39, 0.29) is 5.69 Å². The highest BCUT2D eigenvalue weighted by Crippen LogP contribution is 2.25. The summed E-state index contributed by atoms with van der Waals surface area (Å²) in [6, 6.07) is 3.71. The van der Waals surface area contributed by atoms with Gasteiger partial charge in [-0.25, -0.2) is 4.79 Å². The SMILES string of the molecule is COC(=O)c1ccc(NC2CCCCC2CN)nn1. The summed E-state index contributed by atoms with van der Waals surface area (Å²) in [4.78, 5) is 11.3. The lowest BCUT2D eigenvalue weighted by Crippen LogP contribution is -2.37. The van der Waals surface area contributed by atoms with Gasteiger partial charge in [0.15, 0.2) is 5.69 Å². The molecule has 0 bridgehead atoms. The fraction of sp³-hybridized carbons (Fsp3) is 0.615. The molecule has 104 valence electrons. The van der Waals surface area contributed by atoms with Crippen LogP contribution in [0.15, 0.2) is 12.1 Å². The first-order valence-corrected chi connectivity index (χ1v) is 6.63. The number of rotatable bonds is 4. The molecule has 1 heterocycles. The molecule has 1 aliphatic rings. The van der Waals surface area contributed by atoms with Gasteiger partial charge < -0.3 is 15.8 Å². The average Bonchev–Trinajstić information content (AvgIpc) is 2.48. The Kier molecular flexibility index (Phi) is 4.68. The molecule has 0 aromatic carbocycles. The lowest BCUT2D eigenvalue weighted by molar-refractivity contribution is 0.0593. The summed E-state index contributed by atoms with van der Waals surface area (Å²) in [5, 5.41) is 11.2. The molecule has 0 amide bonds. The second-order valence-electron chi connectivity index (χ2n) is 4.83. The number of hydrogen-bond donors (Lipinski definition) is 2. The predicted molar refractivity (Wildman–Crippen MR) is 71.8 cm³/mol. The third-order valence-electron chi connectivity index (χ3n) is 3.60. The van der Waals surface area contributed by atoms with Crippen molar-refractivity contribution in [2.45, 2.75) is 31.7 Å². The zero-order valence-corrected chi connectivity index (χ0v) is 11.1. The minimum absolute atomic E-state index is 0.215. The van der Waals surface area contributed by atoms with Crippen molar-refractivity contribution < 1.29 is 9.53 Å². The Balaban J connectivity index is 2.00. The minimum atomic E-state index is -0.475. The normalized spacial score (nSPS) is 22.8. The summed E-state index contributed by atoms with van der Waals surface area (Å²) in [6.07, 6.45) is 4.71. The van der Waals surface area contributed by atoms with Gasteiger partial charge in [0.1, 0.15) is 5.82 Å². The summed E-state index contributed by atoms with van der Waals surface area (Å²) in [5.41, 5.74) is 6.01. The van der Waals surface area contributed by atoms with E-state index in [9.17, 15) is 4.79 Å². The average molecular weight is 264 g/mol. The van der Waals surface area contributed by atoms with E-state index in [0.717, 1.165) is 12.8 Å². The van der Waals surface area contributed by atoms with Crippen LogP contribution in [0.25, 0.3) is 0 Å². The molecule has 2 unspecified atom stereocenters. The van der Waals surface area contributed by atoms with Crippen molar-refractivity contribution >= 4 is 11.8 Å². The Labute approximate surface area is 112 Å². The standard InChI is InChI=1S/C13H20N4O2/c1-19-13(18)11-6-7-12(17-16-11)15-10-5-3-2-4-9(10)8-14/h6-7,9-10H,2-5,8,14H2,1H3,(H,15,17). The number of aromatic nitrogens is 2. The van der Waals surface area contributed by atoms with Crippen LogP contribution in [0, 0.1) is 5.92 Å². The molecule has 1 aromatic rings. The highest BCUT2D eigenvalue weighted by atomic mass is 16.5. The molecule has 6 nitrogen and oxygen atoms in total. The molecule has 1 aliphatic carbocycles. The lowest BCUT2D eigenvalue weighted by atomic mass is 9.84. The summed E-state index contributed by atoms with van der Waals surface area (Å²) in [6.45, 7) is 0.686. The Morgan fingerprint density at radius 3 is 2.84 bits per heavy atom. The smallest absolute Gasteiger partial charge is 0.358 e. The first-order chi connectivity index (χ1) is 9.24. The molecule has 0 radical (unpaired) electrons. The molecule has 0 spiro atoms. The molecule has 3 N–H and O–H groups in total. The van der Waals surface area contributed by atoms with Gasteiger partial charge >= 0.3 is 5.97 Å². The molecule has 6 heteroatoms. The molecule has 19 heavy (non-hydrogen) atoms. The molecular formula is C13H20N4O2. The van der Waals surface area contributed by atoms with Crippen molar-refractivity contribution in [3.63, 3.8) is 0 Å². The number of hydrogen-bond acceptors (Lipinski definition) is 6. The first-order valence-electron chi connectivity index (χ1n) is 6.63. The third kappa shape index (κ3) is 3.41. The van der Waals surface area contributed by atoms with Crippen molar-refractivity contribution in [2.24, 2.45) is 11.7 Å². The number of nitrogens with one attached hydrogen (secondary N) is 1. The second-order valence-corrected chi connectivity index (χ2v) is 4.83. The Bertz CT molecular complexity index is 421. The van der Waals surface area contributed by atoms with Crippen molar-refractivity contribution in [3.05, 3.63) is 17.8 Å². The monoisotopic (exact) mass is 264 g/mol. The van der Waals surface area contributed by atoms with Gasteiger partial charge in [0.25, 0.3) is 0 Å². The molecular weight excluding hydrogens is 244 g/mol. The van der Waals surface area contributed by atoms with E-state index < -0.39 is 5.97 Å². The maximum absolute atomic E-state index is 11.3. The van der Waals surface area contributed by atoms with Crippen LogP contribution >= 0.6 is 0 Å². The lowest BCUT2D eigenvalue weighted by Gasteiger charge is -2.31. The van der Waals surface area contributed by atoms with E-state index in [0.29, 0.717) is 24.3 Å². The number of anilines is 1. The van der Waals surface area contributed by atoms with Gasteiger partial charge in [0.05, 0.1) is 7.11 Å². The maximum Gasteiger partial charge on any atom is 0.358 e. The van der Waals surface area contributed by atoms with Crippen LogP contribution in [0.1, 0.15) is 36.2 Å². The Hall–Kier alpha value is -1.69. The van der Waals surface area contributed by atoms with Crippen LogP contribution in [0.2, 0.25) is 0 Å². The van der Waals surface area contributed by atoms with Gasteiger partial charge in [0, 0.05) is 6.04 Å². The fourth-order valence-corrected chi connectivity index (χ4v) is 2.49. The van der Waals surface area contributed by atoms with E-state index in [1.807, 2.05) is 0 Å².